The molecule has 0 aliphatic rings. The van der Waals surface area contributed by atoms with Gasteiger partial charge in [0.15, 0.2) is 0 Å². The molecule has 1 heterocycles. The molecule has 0 fully saturated rings. The predicted molar refractivity (Wildman–Crippen MR) is 37.8 cm³/mol. The van der Waals surface area contributed by atoms with Crippen LogP contribution in [0.1, 0.15) is 5.69 Å². The van der Waals surface area contributed by atoms with Gasteiger partial charge in [-0.1, -0.05) is 0 Å². The van der Waals surface area contributed by atoms with Crippen LogP contribution in [0.2, 0.25) is 0 Å². The summed E-state index contributed by atoms with van der Waals surface area (Å²) in [6, 6.07) is 0. The van der Waals surface area contributed by atoms with Gasteiger partial charge in [0.2, 0.25) is 11.8 Å². The average molecular weight is 158 g/mol. The summed E-state index contributed by atoms with van der Waals surface area (Å²) in [4.78, 5) is 14.2. The number of halogens is 1. The van der Waals surface area contributed by atoms with Gasteiger partial charge >= 0.3 is 5.56 Å². The van der Waals surface area contributed by atoms with Crippen molar-refractivity contribution in [2.75, 3.05) is 11.6 Å². The van der Waals surface area contributed by atoms with Gasteiger partial charge < -0.3 is 11.6 Å². The SMILES string of the molecule is Cc1nc(N)n(N)c(=O)c1F. The lowest BCUT2D eigenvalue weighted by molar-refractivity contribution is 0.576. The van der Waals surface area contributed by atoms with Crippen LogP contribution in [0.15, 0.2) is 4.79 Å². The molecule has 1 aromatic rings. The molecule has 0 aliphatic carbocycles. The normalized spacial score (nSPS) is 10.0. The van der Waals surface area contributed by atoms with Crippen molar-refractivity contribution in [3.8, 4) is 0 Å². The number of nitrogens with zero attached hydrogens (tertiary/aromatic N) is 2. The second-order valence-electron chi connectivity index (χ2n) is 2.04. The number of anilines is 1. The summed E-state index contributed by atoms with van der Waals surface area (Å²) < 4.78 is 13.1. The number of rotatable bonds is 0. The summed E-state index contributed by atoms with van der Waals surface area (Å²) in [6.45, 7) is 1.34. The highest BCUT2D eigenvalue weighted by atomic mass is 19.1. The van der Waals surface area contributed by atoms with E-state index in [9.17, 15) is 9.18 Å². The fourth-order valence-corrected chi connectivity index (χ4v) is 0.639. The van der Waals surface area contributed by atoms with Crippen LogP contribution in [0.4, 0.5) is 10.3 Å². The summed E-state index contributed by atoms with van der Waals surface area (Å²) in [5.74, 6) is 3.86. The Bertz CT molecular complexity index is 316. The Morgan fingerprint density at radius 3 is 2.73 bits per heavy atom. The fraction of sp³-hybridized carbons (Fsp3) is 0.200. The zero-order valence-corrected chi connectivity index (χ0v) is 5.84. The Hall–Kier alpha value is -1.59. The van der Waals surface area contributed by atoms with Gasteiger partial charge in [-0.3, -0.25) is 4.79 Å². The second-order valence-corrected chi connectivity index (χ2v) is 2.04. The Labute approximate surface area is 61.4 Å². The first-order valence-corrected chi connectivity index (χ1v) is 2.83. The first kappa shape index (κ1) is 7.52. The maximum atomic E-state index is 12.6. The zero-order chi connectivity index (χ0) is 8.59. The minimum absolute atomic E-state index is 0.0470. The van der Waals surface area contributed by atoms with Crippen LogP contribution in [0.25, 0.3) is 0 Å². The van der Waals surface area contributed by atoms with Crippen molar-refractivity contribution in [3.05, 3.63) is 21.9 Å². The highest BCUT2D eigenvalue weighted by Gasteiger charge is 2.08. The van der Waals surface area contributed by atoms with Gasteiger partial charge in [-0.15, -0.1) is 0 Å². The zero-order valence-electron chi connectivity index (χ0n) is 5.84. The molecule has 4 N–H and O–H groups in total. The summed E-state index contributed by atoms with van der Waals surface area (Å²) in [7, 11) is 0. The molecule has 0 amide bonds. The minimum Gasteiger partial charge on any atom is -0.368 e. The van der Waals surface area contributed by atoms with Crippen LogP contribution in [0.5, 0.6) is 0 Å². The number of nitrogens with two attached hydrogens (primary N) is 2. The van der Waals surface area contributed by atoms with E-state index in [0.717, 1.165) is 0 Å². The third-order valence-electron chi connectivity index (χ3n) is 1.25. The number of hydrogen-bond donors (Lipinski definition) is 2. The Morgan fingerprint density at radius 2 is 2.18 bits per heavy atom. The highest BCUT2D eigenvalue weighted by Crippen LogP contribution is 1.97. The third kappa shape index (κ3) is 1.02. The van der Waals surface area contributed by atoms with E-state index in [-0.39, 0.29) is 11.6 Å². The molecule has 6 heteroatoms. The highest BCUT2D eigenvalue weighted by molar-refractivity contribution is 5.20. The van der Waals surface area contributed by atoms with Gasteiger partial charge in [0.1, 0.15) is 0 Å². The molecule has 11 heavy (non-hydrogen) atoms. The molecule has 0 aliphatic heterocycles. The molecule has 1 rings (SSSR count). The Morgan fingerprint density at radius 1 is 1.64 bits per heavy atom. The monoisotopic (exact) mass is 158 g/mol. The number of aromatic nitrogens is 2. The molecular weight excluding hydrogens is 151 g/mol. The molecule has 0 saturated heterocycles. The average Bonchev–Trinajstić information content (AvgIpc) is 1.97. The molecule has 0 aromatic carbocycles. The van der Waals surface area contributed by atoms with Gasteiger partial charge in [0.25, 0.3) is 0 Å². The summed E-state index contributed by atoms with van der Waals surface area (Å²) in [5.41, 5.74) is 4.14. The number of hydrogen-bond acceptors (Lipinski definition) is 4. The van der Waals surface area contributed by atoms with E-state index in [2.05, 4.69) is 4.98 Å². The van der Waals surface area contributed by atoms with E-state index in [4.69, 9.17) is 11.6 Å². The number of nitrogen functional groups attached to an aromatic ring is 2. The lowest BCUT2D eigenvalue weighted by atomic mass is 10.4. The maximum Gasteiger partial charge on any atom is 0.309 e. The van der Waals surface area contributed by atoms with Crippen LogP contribution in [0, 0.1) is 12.7 Å². The maximum absolute atomic E-state index is 12.6. The van der Waals surface area contributed by atoms with Gasteiger partial charge in [-0.25, -0.2) is 4.98 Å². The van der Waals surface area contributed by atoms with Gasteiger partial charge in [-0.2, -0.15) is 9.07 Å². The molecule has 0 spiro atoms. The smallest absolute Gasteiger partial charge is 0.309 e. The van der Waals surface area contributed by atoms with Crippen molar-refractivity contribution in [3.63, 3.8) is 0 Å². The van der Waals surface area contributed by atoms with Crippen molar-refractivity contribution in [2.24, 2.45) is 0 Å². The Kier molecular flexibility index (Phi) is 1.52. The second kappa shape index (κ2) is 2.22. The van der Waals surface area contributed by atoms with Gasteiger partial charge in [0.05, 0.1) is 5.69 Å². The first-order valence-electron chi connectivity index (χ1n) is 2.83. The topological polar surface area (TPSA) is 86.9 Å². The lowest BCUT2D eigenvalue weighted by Gasteiger charge is -2.02. The van der Waals surface area contributed by atoms with Crippen LogP contribution in [-0.2, 0) is 0 Å². The van der Waals surface area contributed by atoms with Crippen molar-refractivity contribution in [1.82, 2.24) is 9.66 Å². The van der Waals surface area contributed by atoms with E-state index < -0.39 is 11.4 Å². The number of aryl methyl sites for hydroxylation is 1. The summed E-state index contributed by atoms with van der Waals surface area (Å²) >= 11 is 0. The van der Waals surface area contributed by atoms with Gasteiger partial charge in [0, 0.05) is 0 Å². The molecule has 0 unspecified atom stereocenters. The molecule has 0 radical (unpaired) electrons. The molecule has 5 nitrogen and oxygen atoms in total. The fourth-order valence-electron chi connectivity index (χ4n) is 0.639. The van der Waals surface area contributed by atoms with E-state index in [1.165, 1.54) is 6.92 Å². The van der Waals surface area contributed by atoms with Crippen LogP contribution in [0.3, 0.4) is 0 Å². The van der Waals surface area contributed by atoms with E-state index in [1.54, 1.807) is 0 Å². The molecule has 0 atom stereocenters. The van der Waals surface area contributed by atoms with Crippen molar-refractivity contribution in [2.45, 2.75) is 6.92 Å². The van der Waals surface area contributed by atoms with E-state index >= 15 is 0 Å². The predicted octanol–water partition coefficient (Wildman–Crippen LogP) is -1.01. The molecule has 0 bridgehead atoms. The minimum atomic E-state index is -0.971. The molecule has 60 valence electrons. The quantitative estimate of drug-likeness (QED) is 0.473. The largest absolute Gasteiger partial charge is 0.368 e. The van der Waals surface area contributed by atoms with E-state index in [1.807, 2.05) is 0 Å². The van der Waals surface area contributed by atoms with Crippen LogP contribution >= 0.6 is 0 Å². The molecular formula is C5H7FN4O. The van der Waals surface area contributed by atoms with Crippen LogP contribution in [-0.4, -0.2) is 9.66 Å². The summed E-state index contributed by atoms with van der Waals surface area (Å²) in [5, 5.41) is 0. The molecule has 0 saturated carbocycles. The summed E-state index contributed by atoms with van der Waals surface area (Å²) in [6.07, 6.45) is 0. The Balaban J connectivity index is 3.59. The van der Waals surface area contributed by atoms with Crippen molar-refractivity contribution in [1.29, 1.82) is 0 Å². The standard InChI is InChI=1S/C5H7FN4O/c1-2-3(6)4(11)10(8)5(7)9-2/h8H2,1H3,(H2,7,9). The first-order chi connectivity index (χ1) is 5.04. The van der Waals surface area contributed by atoms with Crippen LogP contribution < -0.4 is 17.1 Å². The third-order valence-corrected chi connectivity index (χ3v) is 1.25. The molecule has 1 aromatic heterocycles. The van der Waals surface area contributed by atoms with Gasteiger partial charge in [-0.05, 0) is 6.92 Å². The van der Waals surface area contributed by atoms with Crippen molar-refractivity contribution >= 4 is 5.95 Å². The van der Waals surface area contributed by atoms with E-state index in [0.29, 0.717) is 4.68 Å². The van der Waals surface area contributed by atoms with Crippen molar-refractivity contribution < 1.29 is 4.39 Å². The lowest BCUT2D eigenvalue weighted by Crippen LogP contribution is -2.33.